The van der Waals surface area contributed by atoms with E-state index in [9.17, 15) is 4.79 Å². The zero-order valence-corrected chi connectivity index (χ0v) is 16.6. The molecule has 0 N–H and O–H groups in total. The first-order chi connectivity index (χ1) is 12.2. The number of piperidine rings is 1. The highest BCUT2D eigenvalue weighted by molar-refractivity contribution is 9.11. The topological polar surface area (TPSA) is 59.2 Å². The molecule has 4 rings (SSSR count). The minimum Gasteiger partial charge on any atom is -0.339 e. The van der Waals surface area contributed by atoms with Gasteiger partial charge in [0.05, 0.1) is 20.1 Å². The van der Waals surface area contributed by atoms with E-state index in [0.29, 0.717) is 18.3 Å². The SMILES string of the molecule is O=C(CN1CCC(c2nc(-c3ccc(Br)s3)no2)CC1)c1cccs1. The first-order valence-corrected chi connectivity index (χ1v) is 10.6. The Balaban J connectivity index is 1.34. The molecule has 1 aliphatic heterocycles. The van der Waals surface area contributed by atoms with Gasteiger partial charge in [-0.1, -0.05) is 11.2 Å². The van der Waals surface area contributed by atoms with Crippen LogP contribution in [0.5, 0.6) is 0 Å². The summed E-state index contributed by atoms with van der Waals surface area (Å²) in [6, 6.07) is 7.79. The van der Waals surface area contributed by atoms with Gasteiger partial charge in [-0.3, -0.25) is 9.69 Å². The molecule has 0 atom stereocenters. The van der Waals surface area contributed by atoms with Crippen molar-refractivity contribution in [2.75, 3.05) is 19.6 Å². The Morgan fingerprint density at radius 3 is 2.84 bits per heavy atom. The van der Waals surface area contributed by atoms with Crippen LogP contribution in [0, 0.1) is 0 Å². The molecular formula is C17H16BrN3O2S2. The highest BCUT2D eigenvalue weighted by Crippen LogP contribution is 2.32. The van der Waals surface area contributed by atoms with Gasteiger partial charge in [0.1, 0.15) is 0 Å². The molecule has 1 saturated heterocycles. The molecule has 5 nitrogen and oxygen atoms in total. The molecule has 0 spiro atoms. The zero-order valence-electron chi connectivity index (χ0n) is 13.4. The highest BCUT2D eigenvalue weighted by Gasteiger charge is 2.26. The lowest BCUT2D eigenvalue weighted by Gasteiger charge is -2.29. The second kappa shape index (κ2) is 7.49. The van der Waals surface area contributed by atoms with Crippen LogP contribution in [0.3, 0.4) is 0 Å². The Morgan fingerprint density at radius 1 is 1.32 bits per heavy atom. The van der Waals surface area contributed by atoms with Crippen molar-refractivity contribution in [2.24, 2.45) is 0 Å². The van der Waals surface area contributed by atoms with E-state index in [2.05, 4.69) is 31.0 Å². The maximum atomic E-state index is 12.2. The molecule has 25 heavy (non-hydrogen) atoms. The number of halogens is 1. The smallest absolute Gasteiger partial charge is 0.230 e. The summed E-state index contributed by atoms with van der Waals surface area (Å²) in [6.07, 6.45) is 1.88. The second-order valence-corrected chi connectivity index (χ2v) is 9.42. The van der Waals surface area contributed by atoms with Gasteiger partial charge < -0.3 is 4.52 Å². The number of thiophene rings is 2. The van der Waals surface area contributed by atoms with Crippen LogP contribution in [0.1, 0.15) is 34.3 Å². The number of nitrogens with zero attached hydrogens (tertiary/aromatic N) is 3. The van der Waals surface area contributed by atoms with E-state index in [4.69, 9.17) is 4.52 Å². The van der Waals surface area contributed by atoms with Gasteiger partial charge in [-0.15, -0.1) is 22.7 Å². The molecule has 4 heterocycles. The van der Waals surface area contributed by atoms with Gasteiger partial charge in [0.2, 0.25) is 11.7 Å². The number of hydrogen-bond acceptors (Lipinski definition) is 7. The van der Waals surface area contributed by atoms with E-state index in [1.165, 1.54) is 11.3 Å². The van der Waals surface area contributed by atoms with E-state index < -0.39 is 0 Å². The maximum absolute atomic E-state index is 12.2. The molecule has 0 radical (unpaired) electrons. The van der Waals surface area contributed by atoms with E-state index in [1.54, 1.807) is 11.3 Å². The lowest BCUT2D eigenvalue weighted by molar-refractivity contribution is 0.0909. The van der Waals surface area contributed by atoms with Crippen LogP contribution in [-0.4, -0.2) is 40.5 Å². The molecule has 0 bridgehead atoms. The van der Waals surface area contributed by atoms with Crippen molar-refractivity contribution in [1.29, 1.82) is 0 Å². The van der Waals surface area contributed by atoms with Crippen LogP contribution in [0.15, 0.2) is 38.0 Å². The Hall–Kier alpha value is -1.35. The number of hydrogen-bond donors (Lipinski definition) is 0. The van der Waals surface area contributed by atoms with Crippen LogP contribution in [-0.2, 0) is 0 Å². The average molecular weight is 438 g/mol. The molecule has 1 aliphatic rings. The Bertz CT molecular complexity index is 851. The van der Waals surface area contributed by atoms with Crippen molar-refractivity contribution in [3.05, 3.63) is 44.2 Å². The number of carbonyl (C=O) groups excluding carboxylic acids is 1. The van der Waals surface area contributed by atoms with Gasteiger partial charge in [-0.25, -0.2) is 0 Å². The number of rotatable bonds is 5. The van der Waals surface area contributed by atoms with Crippen molar-refractivity contribution in [2.45, 2.75) is 18.8 Å². The summed E-state index contributed by atoms with van der Waals surface area (Å²) in [7, 11) is 0. The normalized spacial score (nSPS) is 16.4. The summed E-state index contributed by atoms with van der Waals surface area (Å²) in [5.74, 6) is 1.85. The van der Waals surface area contributed by atoms with Crippen molar-refractivity contribution in [1.82, 2.24) is 15.0 Å². The van der Waals surface area contributed by atoms with E-state index in [1.807, 2.05) is 29.6 Å². The van der Waals surface area contributed by atoms with Crippen LogP contribution in [0.4, 0.5) is 0 Å². The fourth-order valence-electron chi connectivity index (χ4n) is 2.99. The first-order valence-electron chi connectivity index (χ1n) is 8.07. The van der Waals surface area contributed by atoms with Crippen LogP contribution >= 0.6 is 38.6 Å². The molecule has 0 amide bonds. The van der Waals surface area contributed by atoms with Crippen LogP contribution in [0.25, 0.3) is 10.7 Å². The standard InChI is InChI=1S/C17H16BrN3O2S2/c18-15-4-3-14(25-15)16-19-17(23-20-16)11-5-7-21(8-6-11)10-12(22)13-2-1-9-24-13/h1-4,9,11H,5-8,10H2. The minimum absolute atomic E-state index is 0.205. The molecule has 8 heteroatoms. The molecule has 0 aromatic carbocycles. The van der Waals surface area contributed by atoms with Crippen molar-refractivity contribution >= 4 is 44.4 Å². The number of ketones is 1. The lowest BCUT2D eigenvalue weighted by Crippen LogP contribution is -2.36. The van der Waals surface area contributed by atoms with Crippen molar-refractivity contribution < 1.29 is 9.32 Å². The highest BCUT2D eigenvalue weighted by atomic mass is 79.9. The van der Waals surface area contributed by atoms with Crippen LogP contribution in [0.2, 0.25) is 0 Å². The summed E-state index contributed by atoms with van der Waals surface area (Å²) in [5.41, 5.74) is 0. The van der Waals surface area contributed by atoms with Crippen molar-refractivity contribution in [3.8, 4) is 10.7 Å². The van der Waals surface area contributed by atoms with Gasteiger partial charge in [0.15, 0.2) is 5.78 Å². The van der Waals surface area contributed by atoms with Gasteiger partial charge in [0.25, 0.3) is 0 Å². The molecule has 130 valence electrons. The summed E-state index contributed by atoms with van der Waals surface area (Å²) in [4.78, 5) is 20.8. The fourth-order valence-corrected chi connectivity index (χ4v) is 4.96. The minimum atomic E-state index is 0.205. The lowest BCUT2D eigenvalue weighted by atomic mass is 9.96. The summed E-state index contributed by atoms with van der Waals surface area (Å²) >= 11 is 6.55. The predicted octanol–water partition coefficient (Wildman–Crippen LogP) is 4.68. The van der Waals surface area contributed by atoms with Crippen LogP contribution < -0.4 is 0 Å². The molecule has 3 aromatic rings. The Morgan fingerprint density at radius 2 is 2.16 bits per heavy atom. The van der Waals surface area contributed by atoms with E-state index in [-0.39, 0.29) is 11.7 Å². The third kappa shape index (κ3) is 3.92. The molecule has 1 fully saturated rings. The zero-order chi connectivity index (χ0) is 17.2. The van der Waals surface area contributed by atoms with Gasteiger partial charge in [-0.2, -0.15) is 4.98 Å². The van der Waals surface area contributed by atoms with Gasteiger partial charge >= 0.3 is 0 Å². The molecule has 0 saturated carbocycles. The third-order valence-electron chi connectivity index (χ3n) is 4.34. The third-order valence-corrected chi connectivity index (χ3v) is 6.87. The van der Waals surface area contributed by atoms with Gasteiger partial charge in [-0.05, 0) is 65.4 Å². The number of carbonyl (C=O) groups is 1. The van der Waals surface area contributed by atoms with E-state index >= 15 is 0 Å². The molecule has 3 aromatic heterocycles. The first kappa shape index (κ1) is 17.1. The quantitative estimate of drug-likeness (QED) is 0.542. The molecule has 0 aliphatic carbocycles. The van der Waals surface area contributed by atoms with Gasteiger partial charge in [0, 0.05) is 5.92 Å². The molecule has 0 unspecified atom stereocenters. The Labute approximate surface area is 161 Å². The number of Topliss-reactive ketones (excluding diaryl/α,β-unsaturated/α-hetero) is 1. The summed E-state index contributed by atoms with van der Waals surface area (Å²) in [6.45, 7) is 2.25. The van der Waals surface area contributed by atoms with Crippen molar-refractivity contribution in [3.63, 3.8) is 0 Å². The molecular weight excluding hydrogens is 422 g/mol. The van der Waals surface area contributed by atoms with E-state index in [0.717, 1.165) is 39.5 Å². The fraction of sp³-hybridized carbons (Fsp3) is 0.353. The predicted molar refractivity (Wildman–Crippen MR) is 102 cm³/mol. The summed E-state index contributed by atoms with van der Waals surface area (Å²) < 4.78 is 6.54. The monoisotopic (exact) mass is 437 g/mol. The maximum Gasteiger partial charge on any atom is 0.230 e. The average Bonchev–Trinajstić information content (AvgIpc) is 3.37. The summed E-state index contributed by atoms with van der Waals surface area (Å²) in [5, 5.41) is 6.06. The second-order valence-electron chi connectivity index (χ2n) is 6.01. The number of likely N-dealkylation sites (tertiary alicyclic amines) is 1. The number of aromatic nitrogens is 2. The Kier molecular flexibility index (Phi) is 5.12. The largest absolute Gasteiger partial charge is 0.339 e.